The lowest BCUT2D eigenvalue weighted by Gasteiger charge is -2.11. The fourth-order valence-electron chi connectivity index (χ4n) is 2.85. The fourth-order valence-corrected chi connectivity index (χ4v) is 2.85. The van der Waals surface area contributed by atoms with E-state index in [0.29, 0.717) is 6.07 Å². The number of carbonyl (C=O) groups excluding carboxylic acids is 3. The molecule has 34 heavy (non-hydrogen) atoms. The minimum atomic E-state index is -4.57. The molecule has 11 heteroatoms. The van der Waals surface area contributed by atoms with Crippen molar-refractivity contribution in [3.05, 3.63) is 95.1 Å². The molecule has 3 aromatic rings. The van der Waals surface area contributed by atoms with Crippen LogP contribution in [0.3, 0.4) is 0 Å². The van der Waals surface area contributed by atoms with Gasteiger partial charge in [-0.25, -0.2) is 8.78 Å². The highest BCUT2D eigenvalue weighted by molar-refractivity contribution is 6.05. The monoisotopic (exact) mass is 477 g/mol. The van der Waals surface area contributed by atoms with Gasteiger partial charge in [-0.15, -0.1) is 0 Å². The summed E-state index contributed by atoms with van der Waals surface area (Å²) in [6.45, 7) is -0.545. The Morgan fingerprint density at radius 3 is 2.12 bits per heavy atom. The molecular formula is C23H16F5N3O3. The molecule has 0 bridgehead atoms. The molecule has 0 aliphatic carbocycles. The maximum atomic E-state index is 13.6. The zero-order valence-electron chi connectivity index (χ0n) is 17.2. The van der Waals surface area contributed by atoms with E-state index in [9.17, 15) is 36.3 Å². The lowest BCUT2D eigenvalue weighted by atomic mass is 10.1. The predicted molar refractivity (Wildman–Crippen MR) is 113 cm³/mol. The molecule has 0 spiro atoms. The predicted octanol–water partition coefficient (Wildman–Crippen LogP) is 4.60. The van der Waals surface area contributed by atoms with E-state index in [4.69, 9.17) is 0 Å². The van der Waals surface area contributed by atoms with E-state index in [1.807, 2.05) is 0 Å². The zero-order valence-corrected chi connectivity index (χ0v) is 17.2. The van der Waals surface area contributed by atoms with E-state index in [2.05, 4.69) is 16.0 Å². The maximum Gasteiger partial charge on any atom is 0.416 e. The van der Waals surface area contributed by atoms with Crippen LogP contribution in [0.4, 0.5) is 33.3 Å². The quantitative estimate of drug-likeness (QED) is 0.454. The maximum absolute atomic E-state index is 13.6. The van der Waals surface area contributed by atoms with Gasteiger partial charge >= 0.3 is 6.18 Å². The Bertz CT molecular complexity index is 1240. The molecule has 0 aliphatic heterocycles. The second-order valence-electron chi connectivity index (χ2n) is 6.97. The first-order valence-corrected chi connectivity index (χ1v) is 9.65. The van der Waals surface area contributed by atoms with Gasteiger partial charge in [0.1, 0.15) is 11.6 Å². The van der Waals surface area contributed by atoms with Gasteiger partial charge in [0.2, 0.25) is 5.91 Å². The third-order valence-electron chi connectivity index (χ3n) is 4.44. The number of nitrogens with one attached hydrogen (secondary N) is 3. The number of anilines is 2. The van der Waals surface area contributed by atoms with E-state index >= 15 is 0 Å². The molecule has 3 amide bonds. The van der Waals surface area contributed by atoms with E-state index in [1.165, 1.54) is 30.3 Å². The number of hydrogen-bond donors (Lipinski definition) is 3. The van der Waals surface area contributed by atoms with Gasteiger partial charge in [0.05, 0.1) is 17.7 Å². The van der Waals surface area contributed by atoms with Crippen molar-refractivity contribution < 1.29 is 36.3 Å². The van der Waals surface area contributed by atoms with E-state index in [-0.39, 0.29) is 16.9 Å². The summed E-state index contributed by atoms with van der Waals surface area (Å²) in [6, 6.07) is 12.0. The molecule has 0 aromatic heterocycles. The topological polar surface area (TPSA) is 87.3 Å². The van der Waals surface area contributed by atoms with Crippen LogP contribution >= 0.6 is 0 Å². The normalized spacial score (nSPS) is 11.0. The summed E-state index contributed by atoms with van der Waals surface area (Å²) in [5.41, 5.74) is -1.21. The third-order valence-corrected chi connectivity index (χ3v) is 4.44. The summed E-state index contributed by atoms with van der Waals surface area (Å²) in [5, 5.41) is 6.95. The summed E-state index contributed by atoms with van der Waals surface area (Å²) < 4.78 is 65.1. The number of rotatable bonds is 6. The van der Waals surface area contributed by atoms with Crippen molar-refractivity contribution >= 4 is 29.1 Å². The van der Waals surface area contributed by atoms with Crippen molar-refractivity contribution in [3.63, 3.8) is 0 Å². The summed E-state index contributed by atoms with van der Waals surface area (Å²) in [4.78, 5) is 36.5. The molecule has 0 fully saturated rings. The minimum Gasteiger partial charge on any atom is -0.343 e. The standard InChI is InChI=1S/C23H16F5N3O3/c24-15-7-8-18(19(25)11-15)22(34)29-12-20(32)30-16-5-1-3-13(9-16)21(33)31-17-6-2-4-14(10-17)23(26,27)28/h1-11H,12H2,(H,29,34)(H,30,32)(H,31,33). The second kappa shape index (κ2) is 10.1. The van der Waals surface area contributed by atoms with Gasteiger partial charge in [-0.1, -0.05) is 12.1 Å². The van der Waals surface area contributed by atoms with Gasteiger partial charge < -0.3 is 16.0 Å². The van der Waals surface area contributed by atoms with E-state index in [0.717, 1.165) is 30.3 Å². The second-order valence-corrected chi connectivity index (χ2v) is 6.97. The highest BCUT2D eigenvalue weighted by Crippen LogP contribution is 2.30. The van der Waals surface area contributed by atoms with Gasteiger partial charge in [0.25, 0.3) is 11.8 Å². The Morgan fingerprint density at radius 1 is 0.765 bits per heavy atom. The SMILES string of the molecule is O=C(CNC(=O)c1ccc(F)cc1F)Nc1cccc(C(=O)Nc2cccc(C(F)(F)F)c2)c1. The average molecular weight is 477 g/mol. The summed E-state index contributed by atoms with van der Waals surface area (Å²) >= 11 is 0. The third kappa shape index (κ3) is 6.37. The molecule has 3 rings (SSSR count). The zero-order chi connectivity index (χ0) is 24.9. The lowest BCUT2D eigenvalue weighted by Crippen LogP contribution is -2.33. The first-order chi connectivity index (χ1) is 16.0. The first-order valence-electron chi connectivity index (χ1n) is 9.65. The van der Waals surface area contributed by atoms with Crippen LogP contribution in [0.5, 0.6) is 0 Å². The van der Waals surface area contributed by atoms with Crippen LogP contribution in [0, 0.1) is 11.6 Å². The molecule has 176 valence electrons. The lowest BCUT2D eigenvalue weighted by molar-refractivity contribution is -0.137. The van der Waals surface area contributed by atoms with E-state index in [1.54, 1.807) is 0 Å². The molecule has 0 heterocycles. The molecule has 0 radical (unpaired) electrons. The van der Waals surface area contributed by atoms with Crippen molar-refractivity contribution in [1.29, 1.82) is 0 Å². The van der Waals surface area contributed by atoms with Gasteiger partial charge in [-0.3, -0.25) is 14.4 Å². The Kier molecular flexibility index (Phi) is 7.24. The fraction of sp³-hybridized carbons (Fsp3) is 0.0870. The van der Waals surface area contributed by atoms with Crippen molar-refractivity contribution in [2.24, 2.45) is 0 Å². The highest BCUT2D eigenvalue weighted by atomic mass is 19.4. The summed E-state index contributed by atoms with van der Waals surface area (Å²) in [7, 11) is 0. The number of halogens is 5. The molecule has 6 nitrogen and oxygen atoms in total. The number of hydrogen-bond acceptors (Lipinski definition) is 3. The molecule has 0 saturated carbocycles. The highest BCUT2D eigenvalue weighted by Gasteiger charge is 2.30. The Hall–Kier alpha value is -4.28. The van der Waals surface area contributed by atoms with Gasteiger partial charge in [0.15, 0.2) is 0 Å². The summed E-state index contributed by atoms with van der Waals surface area (Å²) in [5.74, 6) is -4.29. The van der Waals surface area contributed by atoms with Gasteiger partial charge in [-0.2, -0.15) is 13.2 Å². The van der Waals surface area contributed by atoms with Crippen LogP contribution in [0.15, 0.2) is 66.7 Å². The van der Waals surface area contributed by atoms with Crippen LogP contribution in [0.2, 0.25) is 0 Å². The molecular weight excluding hydrogens is 461 g/mol. The van der Waals surface area contributed by atoms with E-state index < -0.39 is 53.2 Å². The van der Waals surface area contributed by atoms with Crippen LogP contribution in [0.25, 0.3) is 0 Å². The number of amides is 3. The summed E-state index contributed by atoms with van der Waals surface area (Å²) in [6.07, 6.45) is -4.57. The van der Waals surface area contributed by atoms with Gasteiger partial charge in [0, 0.05) is 23.0 Å². The van der Waals surface area contributed by atoms with Crippen LogP contribution in [-0.4, -0.2) is 24.3 Å². The number of carbonyl (C=O) groups is 3. The molecule has 3 aromatic carbocycles. The van der Waals surface area contributed by atoms with Crippen LogP contribution < -0.4 is 16.0 Å². The molecule has 0 atom stereocenters. The van der Waals surface area contributed by atoms with Crippen molar-refractivity contribution in [2.75, 3.05) is 17.2 Å². The minimum absolute atomic E-state index is 0.0487. The molecule has 0 unspecified atom stereocenters. The smallest absolute Gasteiger partial charge is 0.343 e. The van der Waals surface area contributed by atoms with Gasteiger partial charge in [-0.05, 0) is 48.5 Å². The van der Waals surface area contributed by atoms with Crippen LogP contribution in [-0.2, 0) is 11.0 Å². The first kappa shape index (κ1) is 24.4. The van der Waals surface area contributed by atoms with Crippen molar-refractivity contribution in [3.8, 4) is 0 Å². The number of benzene rings is 3. The average Bonchev–Trinajstić information content (AvgIpc) is 2.77. The number of alkyl halides is 3. The largest absolute Gasteiger partial charge is 0.416 e. The Morgan fingerprint density at radius 2 is 1.44 bits per heavy atom. The Balaban J connectivity index is 1.60. The molecule has 0 saturated heterocycles. The molecule has 3 N–H and O–H groups in total. The van der Waals surface area contributed by atoms with Crippen molar-refractivity contribution in [1.82, 2.24) is 5.32 Å². The van der Waals surface area contributed by atoms with Crippen molar-refractivity contribution in [2.45, 2.75) is 6.18 Å². The van der Waals surface area contributed by atoms with Crippen LogP contribution in [0.1, 0.15) is 26.3 Å². The molecule has 0 aliphatic rings. The Labute approximate surface area is 189 Å².